The highest BCUT2D eigenvalue weighted by Crippen LogP contribution is 2.34. The molecule has 1 saturated carbocycles. The first-order valence-electron chi connectivity index (χ1n) is 11.0. The minimum Gasteiger partial charge on any atom is -0.493 e. The molecule has 8 heteroatoms. The molecule has 33 heavy (non-hydrogen) atoms. The maximum absolute atomic E-state index is 14.6. The molecule has 2 aromatic rings. The van der Waals surface area contributed by atoms with Crippen LogP contribution in [0.25, 0.3) is 0 Å². The third-order valence-corrected chi connectivity index (χ3v) is 5.92. The number of hydrogen-bond acceptors (Lipinski definition) is 5. The summed E-state index contributed by atoms with van der Waals surface area (Å²) in [6.07, 6.45) is 4.50. The summed E-state index contributed by atoms with van der Waals surface area (Å²) in [4.78, 5) is 25.6. The zero-order chi connectivity index (χ0) is 23.9. The van der Waals surface area contributed by atoms with E-state index < -0.39 is 29.9 Å². The lowest BCUT2D eigenvalue weighted by molar-refractivity contribution is -0.148. The van der Waals surface area contributed by atoms with E-state index in [0.29, 0.717) is 12.8 Å². The summed E-state index contributed by atoms with van der Waals surface area (Å²) >= 11 is 0. The number of halogens is 2. The summed E-state index contributed by atoms with van der Waals surface area (Å²) < 4.78 is 44.7. The van der Waals surface area contributed by atoms with Gasteiger partial charge in [0.25, 0.3) is 5.91 Å². The number of carbonyl (C=O) groups excluding carboxylic acids is 2. The van der Waals surface area contributed by atoms with Crippen molar-refractivity contribution in [2.75, 3.05) is 20.8 Å². The maximum Gasteiger partial charge on any atom is 0.331 e. The van der Waals surface area contributed by atoms with E-state index in [9.17, 15) is 18.4 Å². The molecule has 0 saturated heterocycles. The minimum atomic E-state index is -3.24. The van der Waals surface area contributed by atoms with Crippen LogP contribution in [0.1, 0.15) is 54.4 Å². The first-order chi connectivity index (χ1) is 15.8. The summed E-state index contributed by atoms with van der Waals surface area (Å²) in [7, 11) is 2.68. The number of esters is 1. The van der Waals surface area contributed by atoms with Gasteiger partial charge in [-0.3, -0.25) is 4.79 Å². The third-order valence-electron chi connectivity index (χ3n) is 5.92. The van der Waals surface area contributed by atoms with Crippen LogP contribution in [0.4, 0.5) is 8.78 Å². The monoisotopic (exact) mass is 461 g/mol. The van der Waals surface area contributed by atoms with Crippen LogP contribution in [-0.2, 0) is 15.5 Å². The lowest BCUT2D eigenvalue weighted by Gasteiger charge is -2.31. The summed E-state index contributed by atoms with van der Waals surface area (Å²) in [6.45, 7) is -0.926. The van der Waals surface area contributed by atoms with Gasteiger partial charge in [-0.2, -0.15) is 8.78 Å². The fraction of sp³-hybridized carbons (Fsp3) is 0.440. The molecule has 178 valence electrons. The van der Waals surface area contributed by atoms with Crippen molar-refractivity contribution in [3.05, 3.63) is 59.7 Å². The molecular formula is C25H29F2NO5. The Morgan fingerprint density at radius 3 is 2.24 bits per heavy atom. The van der Waals surface area contributed by atoms with Crippen molar-refractivity contribution in [3.8, 4) is 11.5 Å². The number of hydrogen-bond donors (Lipinski definition) is 1. The Morgan fingerprint density at radius 1 is 0.970 bits per heavy atom. The molecule has 0 spiro atoms. The number of rotatable bonds is 8. The standard InChI is InChI=1S/C25H29F2NO5/c1-31-20-13-12-18(16-21(20)33-17-25(26,27)19-10-6-5-7-11-19)22(29)28-24(23(30)32-2)14-8-3-4-9-15-24/h5-7,10-13,16H,3-4,8-9,14-15,17H2,1-2H3,(H,28,29). The number of carbonyl (C=O) groups is 2. The third kappa shape index (κ3) is 5.80. The average molecular weight is 462 g/mol. The fourth-order valence-corrected chi connectivity index (χ4v) is 4.06. The van der Waals surface area contributed by atoms with Crippen molar-refractivity contribution in [2.24, 2.45) is 0 Å². The van der Waals surface area contributed by atoms with Crippen molar-refractivity contribution in [3.63, 3.8) is 0 Å². The lowest BCUT2D eigenvalue weighted by Crippen LogP contribution is -2.54. The van der Waals surface area contributed by atoms with E-state index in [-0.39, 0.29) is 22.6 Å². The van der Waals surface area contributed by atoms with Crippen molar-refractivity contribution in [2.45, 2.75) is 50.0 Å². The van der Waals surface area contributed by atoms with Gasteiger partial charge in [-0.1, -0.05) is 56.0 Å². The van der Waals surface area contributed by atoms with E-state index in [2.05, 4.69) is 5.32 Å². The number of alkyl halides is 2. The molecule has 0 radical (unpaired) electrons. The Balaban J connectivity index is 1.80. The van der Waals surface area contributed by atoms with Crippen LogP contribution in [0.3, 0.4) is 0 Å². The molecule has 3 rings (SSSR count). The minimum absolute atomic E-state index is 0.00809. The van der Waals surface area contributed by atoms with Crippen molar-refractivity contribution < 1.29 is 32.6 Å². The molecule has 0 heterocycles. The van der Waals surface area contributed by atoms with Gasteiger partial charge < -0.3 is 19.5 Å². The summed E-state index contributed by atoms with van der Waals surface area (Å²) in [6, 6.07) is 11.7. The molecule has 1 fully saturated rings. The molecule has 0 atom stereocenters. The summed E-state index contributed by atoms with van der Waals surface area (Å²) in [5.41, 5.74) is -1.11. The number of ether oxygens (including phenoxy) is 3. The molecular weight excluding hydrogens is 432 g/mol. The fourth-order valence-electron chi connectivity index (χ4n) is 4.06. The van der Waals surface area contributed by atoms with Crippen molar-refractivity contribution in [1.29, 1.82) is 0 Å². The van der Waals surface area contributed by atoms with E-state index in [1.807, 2.05) is 0 Å². The lowest BCUT2D eigenvalue weighted by atomic mass is 9.89. The highest BCUT2D eigenvalue weighted by molar-refractivity contribution is 5.98. The molecule has 6 nitrogen and oxygen atoms in total. The number of amides is 1. The highest BCUT2D eigenvalue weighted by Gasteiger charge is 2.41. The number of benzene rings is 2. The van der Waals surface area contributed by atoms with Gasteiger partial charge in [0.2, 0.25) is 0 Å². The van der Waals surface area contributed by atoms with Crippen LogP contribution in [0.15, 0.2) is 48.5 Å². The second-order valence-corrected chi connectivity index (χ2v) is 8.17. The molecule has 1 aliphatic rings. The van der Waals surface area contributed by atoms with Gasteiger partial charge in [0.05, 0.1) is 14.2 Å². The van der Waals surface area contributed by atoms with Gasteiger partial charge in [-0.25, -0.2) is 4.79 Å². The second-order valence-electron chi connectivity index (χ2n) is 8.17. The van der Waals surface area contributed by atoms with Crippen LogP contribution in [-0.4, -0.2) is 38.2 Å². The predicted octanol–water partition coefficient (Wildman–Crippen LogP) is 4.86. The Kier molecular flexibility index (Phi) is 7.89. The molecule has 0 aliphatic heterocycles. The van der Waals surface area contributed by atoms with E-state index in [1.54, 1.807) is 6.07 Å². The summed E-state index contributed by atoms with van der Waals surface area (Å²) in [5, 5.41) is 2.84. The highest BCUT2D eigenvalue weighted by atomic mass is 19.3. The largest absolute Gasteiger partial charge is 0.493 e. The summed E-state index contributed by atoms with van der Waals surface area (Å²) in [5.74, 6) is -4.00. The second kappa shape index (κ2) is 10.6. The van der Waals surface area contributed by atoms with Gasteiger partial charge in [0.1, 0.15) is 5.54 Å². The Hall–Kier alpha value is -3.16. The quantitative estimate of drug-likeness (QED) is 0.449. The van der Waals surface area contributed by atoms with E-state index in [1.165, 1.54) is 56.7 Å². The van der Waals surface area contributed by atoms with Crippen LogP contribution in [0.2, 0.25) is 0 Å². The molecule has 1 amide bonds. The van der Waals surface area contributed by atoms with E-state index >= 15 is 0 Å². The van der Waals surface area contributed by atoms with Crippen LogP contribution in [0.5, 0.6) is 11.5 Å². The predicted molar refractivity (Wildman–Crippen MR) is 119 cm³/mol. The molecule has 1 aliphatic carbocycles. The molecule has 0 bridgehead atoms. The van der Waals surface area contributed by atoms with Crippen molar-refractivity contribution >= 4 is 11.9 Å². The number of nitrogens with one attached hydrogen (secondary N) is 1. The van der Waals surface area contributed by atoms with E-state index in [0.717, 1.165) is 25.7 Å². The Morgan fingerprint density at radius 2 is 1.64 bits per heavy atom. The van der Waals surface area contributed by atoms with Gasteiger partial charge in [-0.05, 0) is 31.0 Å². The van der Waals surface area contributed by atoms with Gasteiger partial charge >= 0.3 is 11.9 Å². The van der Waals surface area contributed by atoms with Crippen LogP contribution < -0.4 is 14.8 Å². The van der Waals surface area contributed by atoms with Gasteiger partial charge in [0, 0.05) is 11.1 Å². The number of methoxy groups -OCH3 is 2. The molecule has 0 unspecified atom stereocenters. The van der Waals surface area contributed by atoms with Gasteiger partial charge in [0.15, 0.2) is 18.1 Å². The first-order valence-corrected chi connectivity index (χ1v) is 11.0. The van der Waals surface area contributed by atoms with Gasteiger partial charge in [-0.15, -0.1) is 0 Å². The normalized spacial score (nSPS) is 15.8. The Bertz CT molecular complexity index is 957. The van der Waals surface area contributed by atoms with E-state index in [4.69, 9.17) is 14.2 Å². The molecule has 0 aromatic heterocycles. The van der Waals surface area contributed by atoms with Crippen LogP contribution in [0, 0.1) is 0 Å². The topological polar surface area (TPSA) is 73.9 Å². The molecule has 2 aromatic carbocycles. The SMILES string of the molecule is COC(=O)C1(NC(=O)c2ccc(OC)c(OCC(F)(F)c3ccccc3)c2)CCCCCC1. The van der Waals surface area contributed by atoms with Crippen molar-refractivity contribution in [1.82, 2.24) is 5.32 Å². The molecule has 1 N–H and O–H groups in total. The zero-order valence-electron chi connectivity index (χ0n) is 18.9. The Labute approximate surface area is 192 Å². The van der Waals surface area contributed by atoms with Crippen LogP contribution >= 0.6 is 0 Å². The first kappa shape index (κ1) is 24.5. The maximum atomic E-state index is 14.6. The zero-order valence-corrected chi connectivity index (χ0v) is 18.9. The average Bonchev–Trinajstić information content (AvgIpc) is 3.09. The smallest absolute Gasteiger partial charge is 0.331 e.